The van der Waals surface area contributed by atoms with Crippen molar-refractivity contribution in [1.29, 1.82) is 0 Å². The van der Waals surface area contributed by atoms with Crippen molar-refractivity contribution in [1.82, 2.24) is 5.32 Å². The van der Waals surface area contributed by atoms with Crippen LogP contribution in [0.1, 0.15) is 28.7 Å². The molecule has 2 aromatic carbocycles. The number of aliphatic hydroxyl groups is 1. The molecule has 0 saturated heterocycles. The molecule has 1 unspecified atom stereocenters. The van der Waals surface area contributed by atoms with Gasteiger partial charge < -0.3 is 16.2 Å². The molecule has 0 aliphatic heterocycles. The van der Waals surface area contributed by atoms with Gasteiger partial charge >= 0.3 is 0 Å². The molecule has 23 heavy (non-hydrogen) atoms. The van der Waals surface area contributed by atoms with Gasteiger partial charge in [-0.25, -0.2) is 0 Å². The van der Waals surface area contributed by atoms with Crippen LogP contribution in [0.4, 0.5) is 0 Å². The first kappa shape index (κ1) is 17.5. The van der Waals surface area contributed by atoms with Gasteiger partial charge in [0.2, 0.25) is 5.91 Å². The summed E-state index contributed by atoms with van der Waals surface area (Å²) < 4.78 is 0. The van der Waals surface area contributed by atoms with E-state index >= 15 is 0 Å². The molecule has 0 aromatic heterocycles. The number of nitrogens with one attached hydrogen (secondary N) is 1. The summed E-state index contributed by atoms with van der Waals surface area (Å²) in [6, 6.07) is 16.9. The number of carbonyl (C=O) groups excluding carboxylic acids is 1. The van der Waals surface area contributed by atoms with Crippen LogP contribution in [-0.4, -0.2) is 23.7 Å². The third kappa shape index (κ3) is 3.55. The van der Waals surface area contributed by atoms with Crippen molar-refractivity contribution < 1.29 is 9.90 Å². The van der Waals surface area contributed by atoms with Crippen LogP contribution in [0, 0.1) is 0 Å². The Morgan fingerprint density at radius 3 is 2.52 bits per heavy atom. The molecular weight excluding hydrogens is 312 g/mol. The largest absolute Gasteiger partial charge is 0.390 e. The first-order chi connectivity index (χ1) is 10.7. The van der Waals surface area contributed by atoms with E-state index in [0.29, 0.717) is 6.42 Å². The number of nitrogens with two attached hydrogens (primary N) is 1. The molecule has 1 aliphatic carbocycles. The smallest absolute Gasteiger partial charge is 0.229 e. The highest BCUT2D eigenvalue weighted by molar-refractivity contribution is 5.85. The Labute approximate surface area is 142 Å². The number of amides is 1. The number of carbonyl (C=O) groups is 1. The second-order valence-corrected chi connectivity index (χ2v) is 5.66. The number of halogens is 1. The molecule has 0 radical (unpaired) electrons. The summed E-state index contributed by atoms with van der Waals surface area (Å²) in [5, 5.41) is 13.2. The average Bonchev–Trinajstić information content (AvgIpc) is 2.85. The molecule has 0 fully saturated rings. The monoisotopic (exact) mass is 332 g/mol. The van der Waals surface area contributed by atoms with Crippen molar-refractivity contribution in [3.8, 4) is 0 Å². The van der Waals surface area contributed by atoms with Crippen LogP contribution in [-0.2, 0) is 11.2 Å². The third-order valence-corrected chi connectivity index (χ3v) is 4.26. The van der Waals surface area contributed by atoms with Gasteiger partial charge in [-0.05, 0) is 16.7 Å². The second kappa shape index (κ2) is 7.59. The number of rotatable bonds is 4. The van der Waals surface area contributed by atoms with Crippen LogP contribution >= 0.6 is 12.4 Å². The summed E-state index contributed by atoms with van der Waals surface area (Å²) in [4.78, 5) is 12.6. The van der Waals surface area contributed by atoms with Crippen LogP contribution in [0.25, 0.3) is 0 Å². The van der Waals surface area contributed by atoms with Crippen molar-refractivity contribution in [2.24, 2.45) is 5.73 Å². The van der Waals surface area contributed by atoms with Crippen LogP contribution in [0.5, 0.6) is 0 Å². The molecule has 0 heterocycles. The molecule has 3 rings (SSSR count). The van der Waals surface area contributed by atoms with Crippen molar-refractivity contribution in [2.75, 3.05) is 6.54 Å². The predicted octanol–water partition coefficient (Wildman–Crippen LogP) is 1.93. The minimum atomic E-state index is -0.587. The normalized spacial score (nSPS) is 20.3. The van der Waals surface area contributed by atoms with Crippen LogP contribution in [0.2, 0.25) is 0 Å². The molecule has 0 spiro atoms. The summed E-state index contributed by atoms with van der Waals surface area (Å²) in [7, 11) is 0. The lowest BCUT2D eigenvalue weighted by Gasteiger charge is -2.22. The van der Waals surface area contributed by atoms with Gasteiger partial charge in [0.15, 0.2) is 0 Å². The average molecular weight is 333 g/mol. The van der Waals surface area contributed by atoms with E-state index in [1.54, 1.807) is 0 Å². The second-order valence-electron chi connectivity index (χ2n) is 5.66. The highest BCUT2D eigenvalue weighted by Crippen LogP contribution is 2.31. The SMILES string of the molecule is Cl.NCC(C(=O)N[C@H]1c2ccccc2C[C@H]1O)c1ccccc1. The number of fused-ring (bicyclic) bond motifs is 1. The van der Waals surface area contributed by atoms with E-state index in [1.165, 1.54) is 0 Å². The Kier molecular flexibility index (Phi) is 5.77. The van der Waals surface area contributed by atoms with Gasteiger partial charge in [0.25, 0.3) is 0 Å². The fraction of sp³-hybridized carbons (Fsp3) is 0.278. The van der Waals surface area contributed by atoms with Crippen LogP contribution in [0.3, 0.4) is 0 Å². The van der Waals surface area contributed by atoms with E-state index in [2.05, 4.69) is 5.32 Å². The third-order valence-electron chi connectivity index (χ3n) is 4.26. The van der Waals surface area contributed by atoms with Crippen molar-refractivity contribution in [2.45, 2.75) is 24.5 Å². The maximum Gasteiger partial charge on any atom is 0.229 e. The number of aliphatic hydroxyl groups excluding tert-OH is 1. The molecule has 0 bridgehead atoms. The predicted molar refractivity (Wildman–Crippen MR) is 92.5 cm³/mol. The van der Waals surface area contributed by atoms with Crippen molar-refractivity contribution in [3.63, 3.8) is 0 Å². The minimum absolute atomic E-state index is 0. The molecule has 1 aliphatic rings. The molecule has 2 aromatic rings. The maximum absolute atomic E-state index is 12.6. The lowest BCUT2D eigenvalue weighted by atomic mass is 9.97. The van der Waals surface area contributed by atoms with Gasteiger partial charge in [0.1, 0.15) is 0 Å². The van der Waals surface area contributed by atoms with E-state index < -0.39 is 12.0 Å². The van der Waals surface area contributed by atoms with Gasteiger partial charge in [-0.3, -0.25) is 4.79 Å². The first-order valence-corrected chi connectivity index (χ1v) is 7.52. The Morgan fingerprint density at radius 2 is 1.83 bits per heavy atom. The van der Waals surface area contributed by atoms with Gasteiger partial charge in [-0.2, -0.15) is 0 Å². The highest BCUT2D eigenvalue weighted by atomic mass is 35.5. The standard InChI is InChI=1S/C18H20N2O2.ClH/c19-11-15(12-6-2-1-3-7-12)18(22)20-17-14-9-5-4-8-13(14)10-16(17)21;/h1-9,15-17,21H,10-11,19H2,(H,20,22);1H/t15?,16-,17+;/m1./s1. The van der Waals surface area contributed by atoms with Gasteiger partial charge in [0.05, 0.1) is 18.1 Å². The molecule has 0 saturated carbocycles. The van der Waals surface area contributed by atoms with Crippen molar-refractivity contribution >= 4 is 18.3 Å². The zero-order valence-electron chi connectivity index (χ0n) is 12.7. The summed E-state index contributed by atoms with van der Waals surface area (Å²) in [5.41, 5.74) is 8.76. The molecule has 3 atom stereocenters. The van der Waals surface area contributed by atoms with E-state index in [-0.39, 0.29) is 30.9 Å². The Morgan fingerprint density at radius 1 is 1.17 bits per heavy atom. The maximum atomic E-state index is 12.6. The highest BCUT2D eigenvalue weighted by Gasteiger charge is 2.33. The van der Waals surface area contributed by atoms with Gasteiger partial charge in [-0.15, -0.1) is 12.4 Å². The minimum Gasteiger partial charge on any atom is -0.390 e. The van der Waals surface area contributed by atoms with E-state index in [1.807, 2.05) is 54.6 Å². The zero-order valence-corrected chi connectivity index (χ0v) is 13.5. The quantitative estimate of drug-likeness (QED) is 0.800. The Hall–Kier alpha value is -1.88. The van der Waals surface area contributed by atoms with E-state index in [4.69, 9.17) is 5.73 Å². The fourth-order valence-electron chi connectivity index (χ4n) is 3.08. The lowest BCUT2D eigenvalue weighted by Crippen LogP contribution is -2.39. The topological polar surface area (TPSA) is 75.4 Å². The van der Waals surface area contributed by atoms with Gasteiger partial charge in [-0.1, -0.05) is 54.6 Å². The number of hydrogen-bond acceptors (Lipinski definition) is 3. The first-order valence-electron chi connectivity index (χ1n) is 7.52. The summed E-state index contributed by atoms with van der Waals surface area (Å²) in [5.74, 6) is -0.546. The molecule has 4 N–H and O–H groups in total. The number of hydrogen-bond donors (Lipinski definition) is 3. The zero-order chi connectivity index (χ0) is 15.5. The molecule has 4 nitrogen and oxygen atoms in total. The lowest BCUT2D eigenvalue weighted by molar-refractivity contribution is -0.123. The van der Waals surface area contributed by atoms with Crippen LogP contribution < -0.4 is 11.1 Å². The molecule has 1 amide bonds. The summed E-state index contributed by atoms with van der Waals surface area (Å²) in [6.07, 6.45) is -0.0183. The number of benzene rings is 2. The van der Waals surface area contributed by atoms with E-state index in [9.17, 15) is 9.90 Å². The fourth-order valence-corrected chi connectivity index (χ4v) is 3.08. The molecular formula is C18H21ClN2O2. The molecule has 122 valence electrons. The van der Waals surface area contributed by atoms with Crippen LogP contribution in [0.15, 0.2) is 54.6 Å². The van der Waals surface area contributed by atoms with Crippen molar-refractivity contribution in [3.05, 3.63) is 71.3 Å². The molecule has 5 heteroatoms. The summed E-state index contributed by atoms with van der Waals surface area (Å²) >= 11 is 0. The Bertz CT molecular complexity index is 663. The van der Waals surface area contributed by atoms with E-state index in [0.717, 1.165) is 16.7 Å². The van der Waals surface area contributed by atoms with Gasteiger partial charge in [0, 0.05) is 13.0 Å². The Balaban J connectivity index is 0.00000192. The summed E-state index contributed by atoms with van der Waals surface area (Å²) in [6.45, 7) is 0.236.